The maximum Gasteiger partial charge on any atom is 0.227 e. The first-order chi connectivity index (χ1) is 9.54. The molecule has 2 atom stereocenters. The fourth-order valence-electron chi connectivity index (χ4n) is 3.52. The second-order valence-corrected chi connectivity index (χ2v) is 6.65. The van der Waals surface area contributed by atoms with Gasteiger partial charge >= 0.3 is 0 Å². The van der Waals surface area contributed by atoms with E-state index in [0.717, 1.165) is 38.5 Å². The van der Waals surface area contributed by atoms with Gasteiger partial charge in [-0.05, 0) is 5.92 Å². The van der Waals surface area contributed by atoms with E-state index in [1.807, 2.05) is 19.4 Å². The molecule has 2 aliphatic rings. The molecule has 5 nitrogen and oxygen atoms in total. The summed E-state index contributed by atoms with van der Waals surface area (Å²) in [4.78, 5) is 21.2. The number of aromatic nitrogens is 2. The van der Waals surface area contributed by atoms with Gasteiger partial charge in [0.1, 0.15) is 5.82 Å². The van der Waals surface area contributed by atoms with Crippen LogP contribution in [0.15, 0.2) is 12.4 Å². The van der Waals surface area contributed by atoms with Crippen LogP contribution in [0.2, 0.25) is 0 Å². The van der Waals surface area contributed by atoms with Crippen LogP contribution in [-0.2, 0) is 18.4 Å². The molecule has 1 aromatic heterocycles. The van der Waals surface area contributed by atoms with E-state index in [1.54, 1.807) is 0 Å². The van der Waals surface area contributed by atoms with Gasteiger partial charge in [0.25, 0.3) is 0 Å². The number of nitrogens with zero attached hydrogens (tertiary/aromatic N) is 4. The average molecular weight is 276 g/mol. The molecular formula is C15H24N4O. The quantitative estimate of drug-likeness (QED) is 0.823. The molecule has 0 aliphatic carbocycles. The number of aryl methyl sites for hydroxylation is 1. The van der Waals surface area contributed by atoms with Gasteiger partial charge in [0.2, 0.25) is 5.91 Å². The molecule has 2 fully saturated rings. The predicted octanol–water partition coefficient (Wildman–Crippen LogP) is 0.966. The second kappa shape index (κ2) is 5.20. The first-order valence-electron chi connectivity index (χ1n) is 7.52. The molecule has 3 rings (SSSR count). The van der Waals surface area contributed by atoms with Crippen molar-refractivity contribution >= 4 is 5.91 Å². The first kappa shape index (κ1) is 13.6. The van der Waals surface area contributed by atoms with Crippen LogP contribution in [0.4, 0.5) is 0 Å². The van der Waals surface area contributed by atoms with Gasteiger partial charge in [0.05, 0.1) is 12.5 Å². The second-order valence-electron chi connectivity index (χ2n) is 6.65. The standard InChI is InChI=1S/C15H24N4O/c1-11(2)6-19-8-12-7-18(9-13(12)15(19)20)10-14-16-4-5-17(14)3/h4-5,11-13H,6-10H2,1-3H3/t12-,13-/m1/s1. The monoisotopic (exact) mass is 276 g/mol. The Hall–Kier alpha value is -1.36. The summed E-state index contributed by atoms with van der Waals surface area (Å²) in [5, 5.41) is 0. The number of fused-ring (bicyclic) bond motifs is 1. The third kappa shape index (κ3) is 2.46. The van der Waals surface area contributed by atoms with Crippen LogP contribution in [0.5, 0.6) is 0 Å². The Labute approximate surface area is 120 Å². The maximum absolute atomic E-state index is 12.4. The lowest BCUT2D eigenvalue weighted by Crippen LogP contribution is -2.35. The van der Waals surface area contributed by atoms with Gasteiger partial charge in [-0.1, -0.05) is 13.8 Å². The molecule has 0 bridgehead atoms. The number of carbonyl (C=O) groups excluding carboxylic acids is 1. The van der Waals surface area contributed by atoms with Gasteiger partial charge in [-0.3, -0.25) is 9.69 Å². The summed E-state index contributed by atoms with van der Waals surface area (Å²) in [6.45, 7) is 8.98. The normalized spacial score (nSPS) is 26.8. The fourth-order valence-corrected chi connectivity index (χ4v) is 3.52. The van der Waals surface area contributed by atoms with Crippen LogP contribution in [0, 0.1) is 17.8 Å². The molecule has 0 spiro atoms. The van der Waals surface area contributed by atoms with Crippen molar-refractivity contribution in [1.82, 2.24) is 19.4 Å². The van der Waals surface area contributed by atoms with Gasteiger partial charge in [0.15, 0.2) is 0 Å². The van der Waals surface area contributed by atoms with E-state index in [0.29, 0.717) is 17.7 Å². The first-order valence-corrected chi connectivity index (χ1v) is 7.52. The van der Waals surface area contributed by atoms with Crippen LogP contribution in [0.3, 0.4) is 0 Å². The minimum Gasteiger partial charge on any atom is -0.342 e. The minimum absolute atomic E-state index is 0.217. The van der Waals surface area contributed by atoms with E-state index >= 15 is 0 Å². The molecule has 2 aliphatic heterocycles. The molecule has 5 heteroatoms. The van der Waals surface area contributed by atoms with E-state index < -0.39 is 0 Å². The Kier molecular flexibility index (Phi) is 3.54. The lowest BCUT2D eigenvalue weighted by molar-refractivity contribution is -0.131. The van der Waals surface area contributed by atoms with Crippen molar-refractivity contribution in [1.29, 1.82) is 0 Å². The third-order valence-electron chi connectivity index (χ3n) is 4.47. The molecule has 20 heavy (non-hydrogen) atoms. The molecule has 0 radical (unpaired) electrons. The molecule has 1 aromatic rings. The van der Waals surface area contributed by atoms with Crippen molar-refractivity contribution < 1.29 is 4.79 Å². The Morgan fingerprint density at radius 2 is 2.15 bits per heavy atom. The van der Waals surface area contributed by atoms with Crippen molar-refractivity contribution in [3.8, 4) is 0 Å². The molecule has 1 amide bonds. The Balaban J connectivity index is 1.60. The smallest absolute Gasteiger partial charge is 0.227 e. The molecule has 0 aromatic carbocycles. The van der Waals surface area contributed by atoms with Crippen LogP contribution in [0.1, 0.15) is 19.7 Å². The highest BCUT2D eigenvalue weighted by Crippen LogP contribution is 2.33. The Morgan fingerprint density at radius 1 is 1.35 bits per heavy atom. The van der Waals surface area contributed by atoms with E-state index in [1.165, 1.54) is 0 Å². The largest absolute Gasteiger partial charge is 0.342 e. The van der Waals surface area contributed by atoms with E-state index in [2.05, 4.69) is 33.2 Å². The topological polar surface area (TPSA) is 41.4 Å². The highest BCUT2D eigenvalue weighted by Gasteiger charge is 2.46. The summed E-state index contributed by atoms with van der Waals surface area (Å²) in [6.07, 6.45) is 3.81. The number of rotatable bonds is 4. The third-order valence-corrected chi connectivity index (χ3v) is 4.47. The van der Waals surface area contributed by atoms with Crippen LogP contribution in [-0.4, -0.2) is 51.4 Å². The SMILES string of the molecule is CC(C)CN1C[C@H]2CN(Cc3nccn3C)C[C@H]2C1=O. The Morgan fingerprint density at radius 3 is 2.75 bits per heavy atom. The van der Waals surface area contributed by atoms with Crippen LogP contribution in [0.25, 0.3) is 0 Å². The van der Waals surface area contributed by atoms with Gasteiger partial charge in [-0.15, -0.1) is 0 Å². The van der Waals surface area contributed by atoms with Gasteiger partial charge < -0.3 is 9.47 Å². The number of likely N-dealkylation sites (tertiary alicyclic amines) is 2. The zero-order valence-electron chi connectivity index (χ0n) is 12.6. The lowest BCUT2D eigenvalue weighted by Gasteiger charge is -2.22. The molecular weight excluding hydrogens is 252 g/mol. The number of carbonyl (C=O) groups is 1. The van der Waals surface area contributed by atoms with Crippen molar-refractivity contribution in [2.45, 2.75) is 20.4 Å². The summed E-state index contributed by atoms with van der Waals surface area (Å²) in [5.74, 6) is 2.74. The zero-order chi connectivity index (χ0) is 14.3. The summed E-state index contributed by atoms with van der Waals surface area (Å²) in [7, 11) is 2.02. The van der Waals surface area contributed by atoms with E-state index in [4.69, 9.17) is 0 Å². The van der Waals surface area contributed by atoms with E-state index in [9.17, 15) is 4.79 Å². The van der Waals surface area contributed by atoms with E-state index in [-0.39, 0.29) is 5.92 Å². The van der Waals surface area contributed by atoms with Gasteiger partial charge in [0, 0.05) is 51.5 Å². The number of hydrogen-bond acceptors (Lipinski definition) is 3. The summed E-state index contributed by atoms with van der Waals surface area (Å²) < 4.78 is 2.06. The molecule has 0 saturated carbocycles. The zero-order valence-corrected chi connectivity index (χ0v) is 12.6. The van der Waals surface area contributed by atoms with Crippen molar-refractivity contribution in [2.24, 2.45) is 24.8 Å². The van der Waals surface area contributed by atoms with Gasteiger partial charge in [-0.25, -0.2) is 4.98 Å². The highest BCUT2D eigenvalue weighted by atomic mass is 16.2. The van der Waals surface area contributed by atoms with Gasteiger partial charge in [-0.2, -0.15) is 0 Å². The fraction of sp³-hybridized carbons (Fsp3) is 0.733. The van der Waals surface area contributed by atoms with Crippen molar-refractivity contribution in [2.75, 3.05) is 26.2 Å². The summed E-state index contributed by atoms with van der Waals surface area (Å²) in [6, 6.07) is 0. The summed E-state index contributed by atoms with van der Waals surface area (Å²) in [5.41, 5.74) is 0. The minimum atomic E-state index is 0.217. The van der Waals surface area contributed by atoms with Crippen molar-refractivity contribution in [3.05, 3.63) is 18.2 Å². The van der Waals surface area contributed by atoms with Crippen LogP contribution >= 0.6 is 0 Å². The van der Waals surface area contributed by atoms with Crippen LogP contribution < -0.4 is 0 Å². The summed E-state index contributed by atoms with van der Waals surface area (Å²) >= 11 is 0. The Bertz CT molecular complexity index is 496. The molecule has 0 N–H and O–H groups in total. The number of hydrogen-bond donors (Lipinski definition) is 0. The average Bonchev–Trinajstić information content (AvgIpc) is 3.01. The molecule has 2 saturated heterocycles. The molecule has 3 heterocycles. The van der Waals surface area contributed by atoms with Crippen molar-refractivity contribution in [3.63, 3.8) is 0 Å². The lowest BCUT2D eigenvalue weighted by atomic mass is 10.0. The molecule has 0 unspecified atom stereocenters. The number of imidazole rings is 1. The molecule has 110 valence electrons. The maximum atomic E-state index is 12.4. The number of amides is 1. The predicted molar refractivity (Wildman–Crippen MR) is 76.9 cm³/mol. The highest BCUT2D eigenvalue weighted by molar-refractivity contribution is 5.82.